The van der Waals surface area contributed by atoms with Crippen LogP contribution in [0.25, 0.3) is 0 Å². The molecule has 0 bridgehead atoms. The van der Waals surface area contributed by atoms with Gasteiger partial charge >= 0.3 is 0 Å². The van der Waals surface area contributed by atoms with Gasteiger partial charge in [-0.05, 0) is 20.8 Å². The highest BCUT2D eigenvalue weighted by molar-refractivity contribution is 5.79. The predicted molar refractivity (Wildman–Crippen MR) is 36.0 cm³/mol. The van der Waals surface area contributed by atoms with Crippen molar-refractivity contribution < 1.29 is 9.53 Å². The molecule has 0 spiro atoms. The quantitative estimate of drug-likeness (QED) is 0.538. The Bertz CT molecular complexity index is 116. The van der Waals surface area contributed by atoms with E-state index in [0.717, 1.165) is 0 Å². The Morgan fingerprint density at radius 3 is 2.56 bits per heavy atom. The van der Waals surface area contributed by atoms with Crippen LogP contribution in [0.4, 0.5) is 0 Å². The molecule has 0 heterocycles. The molecule has 2 nitrogen and oxygen atoms in total. The van der Waals surface area contributed by atoms with Crippen LogP contribution in [-0.2, 0) is 9.53 Å². The van der Waals surface area contributed by atoms with Crippen LogP contribution in [0.3, 0.4) is 0 Å². The van der Waals surface area contributed by atoms with Gasteiger partial charge in [-0.15, -0.1) is 0 Å². The van der Waals surface area contributed by atoms with E-state index in [4.69, 9.17) is 4.74 Å². The van der Waals surface area contributed by atoms with Crippen molar-refractivity contribution in [3.05, 3.63) is 12.3 Å². The lowest BCUT2D eigenvalue weighted by Crippen LogP contribution is -2.14. The highest BCUT2D eigenvalue weighted by Gasteiger charge is 2.03. The van der Waals surface area contributed by atoms with Crippen LogP contribution in [0.1, 0.15) is 20.8 Å². The fourth-order valence-electron chi connectivity index (χ4n) is 0.292. The van der Waals surface area contributed by atoms with Gasteiger partial charge in [0.05, 0.1) is 6.26 Å². The van der Waals surface area contributed by atoms with Gasteiger partial charge in [0.25, 0.3) is 0 Å². The maximum Gasteiger partial charge on any atom is 0.169 e. The first-order valence-corrected chi connectivity index (χ1v) is 2.95. The minimum atomic E-state index is -0.304. The van der Waals surface area contributed by atoms with Gasteiger partial charge in [0, 0.05) is 0 Å². The molecule has 0 amide bonds. The zero-order valence-corrected chi connectivity index (χ0v) is 6.05. The van der Waals surface area contributed by atoms with E-state index in [1.807, 2.05) is 6.92 Å². The highest BCUT2D eigenvalue weighted by atomic mass is 16.5. The first kappa shape index (κ1) is 8.21. The minimum Gasteiger partial charge on any atom is -0.491 e. The highest BCUT2D eigenvalue weighted by Crippen LogP contribution is 1.91. The zero-order chi connectivity index (χ0) is 7.28. The summed E-state index contributed by atoms with van der Waals surface area (Å²) in [5.41, 5.74) is 0. The average molecular weight is 128 g/mol. The summed E-state index contributed by atoms with van der Waals surface area (Å²) in [6.45, 7) is 5.07. The van der Waals surface area contributed by atoms with Gasteiger partial charge in [-0.2, -0.15) is 0 Å². The number of carbonyl (C=O) groups is 1. The normalized spacial score (nSPS) is 13.7. The smallest absolute Gasteiger partial charge is 0.169 e. The molecule has 2 heteroatoms. The molecule has 0 N–H and O–H groups in total. The molecule has 0 rings (SSSR count). The van der Waals surface area contributed by atoms with Crippen molar-refractivity contribution in [2.24, 2.45) is 0 Å². The summed E-state index contributed by atoms with van der Waals surface area (Å²) in [5, 5.41) is 0. The number of rotatable bonds is 3. The number of ketones is 1. The van der Waals surface area contributed by atoms with Crippen molar-refractivity contribution in [3.63, 3.8) is 0 Å². The largest absolute Gasteiger partial charge is 0.491 e. The zero-order valence-electron chi connectivity index (χ0n) is 6.05. The van der Waals surface area contributed by atoms with Gasteiger partial charge in [-0.1, -0.05) is 6.08 Å². The summed E-state index contributed by atoms with van der Waals surface area (Å²) in [6, 6.07) is 0. The van der Waals surface area contributed by atoms with Crippen molar-refractivity contribution >= 4 is 5.78 Å². The molecule has 0 saturated carbocycles. The number of hydrogen-bond donors (Lipinski definition) is 0. The van der Waals surface area contributed by atoms with Gasteiger partial charge in [-0.3, -0.25) is 4.79 Å². The standard InChI is InChI=1S/C7H12O2/c1-4-5-9-7(3)6(2)8/h4-5,7H,1-3H3. The lowest BCUT2D eigenvalue weighted by Gasteiger charge is -2.04. The van der Waals surface area contributed by atoms with Gasteiger partial charge < -0.3 is 4.74 Å². The molecule has 0 aliphatic carbocycles. The van der Waals surface area contributed by atoms with Crippen LogP contribution in [0.5, 0.6) is 0 Å². The number of Topliss-reactive ketones (excluding diaryl/α,β-unsaturated/α-hetero) is 1. The third-order valence-electron chi connectivity index (χ3n) is 0.991. The van der Waals surface area contributed by atoms with Crippen LogP contribution in [0, 0.1) is 0 Å². The maximum absolute atomic E-state index is 10.5. The van der Waals surface area contributed by atoms with E-state index >= 15 is 0 Å². The Hall–Kier alpha value is -0.790. The van der Waals surface area contributed by atoms with Crippen LogP contribution in [0.15, 0.2) is 12.3 Å². The fraction of sp³-hybridized carbons (Fsp3) is 0.571. The first-order valence-electron chi connectivity index (χ1n) is 2.95. The molecule has 0 aromatic heterocycles. The van der Waals surface area contributed by atoms with E-state index in [9.17, 15) is 4.79 Å². The second-order valence-electron chi connectivity index (χ2n) is 1.86. The molecule has 0 aliphatic heterocycles. The van der Waals surface area contributed by atoms with E-state index in [0.29, 0.717) is 0 Å². The number of hydrogen-bond acceptors (Lipinski definition) is 2. The number of carbonyl (C=O) groups excluding carboxylic acids is 1. The van der Waals surface area contributed by atoms with E-state index < -0.39 is 0 Å². The van der Waals surface area contributed by atoms with Crippen molar-refractivity contribution in [3.8, 4) is 0 Å². The molecule has 0 radical (unpaired) electrons. The topological polar surface area (TPSA) is 26.3 Å². The molecule has 9 heavy (non-hydrogen) atoms. The van der Waals surface area contributed by atoms with E-state index in [2.05, 4.69) is 0 Å². The minimum absolute atomic E-state index is 0.0492. The van der Waals surface area contributed by atoms with Crippen molar-refractivity contribution in [2.45, 2.75) is 26.9 Å². The van der Waals surface area contributed by atoms with Crippen LogP contribution in [0.2, 0.25) is 0 Å². The second kappa shape index (κ2) is 4.13. The Kier molecular flexibility index (Phi) is 3.76. The van der Waals surface area contributed by atoms with Crippen LogP contribution in [-0.4, -0.2) is 11.9 Å². The van der Waals surface area contributed by atoms with Crippen molar-refractivity contribution in [1.29, 1.82) is 0 Å². The van der Waals surface area contributed by atoms with Crippen molar-refractivity contribution in [1.82, 2.24) is 0 Å². The molecule has 0 saturated heterocycles. The van der Waals surface area contributed by atoms with Gasteiger partial charge in [0.15, 0.2) is 11.9 Å². The SMILES string of the molecule is CC=COC(C)C(C)=O. The molecule has 1 atom stereocenters. The Balaban J connectivity index is 3.50. The summed E-state index contributed by atoms with van der Waals surface area (Å²) in [7, 11) is 0. The lowest BCUT2D eigenvalue weighted by atomic mass is 10.3. The van der Waals surface area contributed by atoms with E-state index in [1.165, 1.54) is 13.2 Å². The molecular weight excluding hydrogens is 116 g/mol. The summed E-state index contributed by atoms with van der Waals surface area (Å²) < 4.78 is 4.92. The monoisotopic (exact) mass is 128 g/mol. The first-order chi connectivity index (χ1) is 4.18. The summed E-state index contributed by atoms with van der Waals surface area (Å²) >= 11 is 0. The van der Waals surface area contributed by atoms with Crippen LogP contribution < -0.4 is 0 Å². The lowest BCUT2D eigenvalue weighted by molar-refractivity contribution is -0.124. The third kappa shape index (κ3) is 3.76. The molecule has 52 valence electrons. The van der Waals surface area contributed by atoms with Crippen molar-refractivity contribution in [2.75, 3.05) is 0 Å². The summed E-state index contributed by atoms with van der Waals surface area (Å²) in [6.07, 6.45) is 2.96. The summed E-state index contributed by atoms with van der Waals surface area (Å²) in [4.78, 5) is 10.5. The van der Waals surface area contributed by atoms with Gasteiger partial charge in [-0.25, -0.2) is 0 Å². The summed E-state index contributed by atoms with van der Waals surface area (Å²) in [5.74, 6) is 0.0492. The molecule has 0 fully saturated rings. The number of allylic oxidation sites excluding steroid dienone is 1. The maximum atomic E-state index is 10.5. The Morgan fingerprint density at radius 2 is 2.22 bits per heavy atom. The van der Waals surface area contributed by atoms with Gasteiger partial charge in [0.2, 0.25) is 0 Å². The van der Waals surface area contributed by atoms with E-state index in [1.54, 1.807) is 13.0 Å². The Morgan fingerprint density at radius 1 is 1.67 bits per heavy atom. The fourth-order valence-corrected chi connectivity index (χ4v) is 0.292. The van der Waals surface area contributed by atoms with Gasteiger partial charge in [0.1, 0.15) is 0 Å². The molecule has 0 aliphatic rings. The molecular formula is C7H12O2. The molecule has 0 aromatic carbocycles. The molecule has 0 aromatic rings. The number of ether oxygens (including phenoxy) is 1. The molecule has 1 unspecified atom stereocenters. The third-order valence-corrected chi connectivity index (χ3v) is 0.991. The average Bonchev–Trinajstić information content (AvgIpc) is 1.82. The van der Waals surface area contributed by atoms with Crippen LogP contribution >= 0.6 is 0 Å². The second-order valence-corrected chi connectivity index (χ2v) is 1.86. The predicted octanol–water partition coefficient (Wildman–Crippen LogP) is 1.51. The van der Waals surface area contributed by atoms with E-state index in [-0.39, 0.29) is 11.9 Å². The Labute approximate surface area is 55.5 Å².